The lowest BCUT2D eigenvalue weighted by atomic mass is 10.1. The van der Waals surface area contributed by atoms with Crippen LogP contribution in [0.3, 0.4) is 0 Å². The highest BCUT2D eigenvalue weighted by atomic mass is 32.2. The highest BCUT2D eigenvalue weighted by Crippen LogP contribution is 2.18. The van der Waals surface area contributed by atoms with E-state index in [1.165, 1.54) is 7.05 Å². The Bertz CT molecular complexity index is 693. The fraction of sp³-hybridized carbons (Fsp3) is 0.467. The summed E-state index contributed by atoms with van der Waals surface area (Å²) in [5.74, 6) is -0.337. The predicted molar refractivity (Wildman–Crippen MR) is 86.2 cm³/mol. The van der Waals surface area contributed by atoms with Crippen LogP contribution in [-0.4, -0.2) is 35.4 Å². The van der Waals surface area contributed by atoms with Gasteiger partial charge in [-0.25, -0.2) is 8.57 Å². The van der Waals surface area contributed by atoms with E-state index in [1.807, 2.05) is 0 Å². The predicted octanol–water partition coefficient (Wildman–Crippen LogP) is 1.77. The maximum absolute atomic E-state index is 12.3. The highest BCUT2D eigenvalue weighted by molar-refractivity contribution is 7.93. The quantitative estimate of drug-likeness (QED) is 0.888. The third kappa shape index (κ3) is 4.07. The second-order valence-corrected chi connectivity index (χ2v) is 7.81. The van der Waals surface area contributed by atoms with Gasteiger partial charge < -0.3 is 10.6 Å². The Labute approximate surface area is 130 Å². The number of carbonyl (C=O) groups is 2. The van der Waals surface area contributed by atoms with E-state index in [-0.39, 0.29) is 11.8 Å². The molecule has 0 aliphatic carbocycles. The molecule has 0 spiro atoms. The molecule has 0 saturated carbocycles. The molecule has 1 fully saturated rings. The first-order valence-corrected chi connectivity index (χ1v) is 9.15. The number of rotatable bonds is 3. The maximum Gasteiger partial charge on any atom is 0.246 e. The monoisotopic (exact) mass is 323 g/mol. The summed E-state index contributed by atoms with van der Waals surface area (Å²) in [6.07, 6.45) is 4.30. The number of anilines is 1. The first-order valence-electron chi connectivity index (χ1n) is 7.23. The van der Waals surface area contributed by atoms with Crippen LogP contribution in [0.25, 0.3) is 0 Å². The van der Waals surface area contributed by atoms with Crippen LogP contribution >= 0.6 is 0 Å². The number of hydrogen-bond acceptors (Lipinski definition) is 4. The van der Waals surface area contributed by atoms with Gasteiger partial charge in [0, 0.05) is 30.3 Å². The molecule has 1 heterocycles. The van der Waals surface area contributed by atoms with Crippen molar-refractivity contribution in [3.63, 3.8) is 0 Å². The smallest absolute Gasteiger partial charge is 0.246 e. The lowest BCUT2D eigenvalue weighted by Gasteiger charge is -2.16. The van der Waals surface area contributed by atoms with Crippen molar-refractivity contribution in [1.82, 2.24) is 5.32 Å². The molecule has 1 aliphatic heterocycles. The summed E-state index contributed by atoms with van der Waals surface area (Å²) in [5, 5.41) is 5.50. The zero-order valence-electron chi connectivity index (χ0n) is 12.8. The molecule has 2 N–H and O–H groups in total. The zero-order valence-corrected chi connectivity index (χ0v) is 13.6. The number of nitrogens with one attached hydrogen (secondary N) is 2. The summed E-state index contributed by atoms with van der Waals surface area (Å²) in [4.78, 5) is 24.4. The van der Waals surface area contributed by atoms with Gasteiger partial charge in [0.2, 0.25) is 11.8 Å². The van der Waals surface area contributed by atoms with Gasteiger partial charge in [-0.3, -0.25) is 9.59 Å². The SMILES string of the molecule is CN=[S@@](C)(=O)c1cccc(NC(=O)[C@H]2CCCCC(=O)N2)c1. The Morgan fingerprint density at radius 3 is 2.91 bits per heavy atom. The molecule has 2 rings (SSSR count). The fourth-order valence-electron chi connectivity index (χ4n) is 2.31. The summed E-state index contributed by atoms with van der Waals surface area (Å²) in [6.45, 7) is 0. The Hall–Kier alpha value is -1.89. The average molecular weight is 323 g/mol. The summed E-state index contributed by atoms with van der Waals surface area (Å²) >= 11 is 0. The number of amides is 2. The van der Waals surface area contributed by atoms with Gasteiger partial charge in [-0.15, -0.1) is 0 Å². The molecule has 0 radical (unpaired) electrons. The molecular weight excluding hydrogens is 302 g/mol. The molecule has 6 nitrogen and oxygen atoms in total. The molecule has 1 aliphatic rings. The molecular formula is C15H21N3O3S. The molecule has 1 saturated heterocycles. The van der Waals surface area contributed by atoms with Gasteiger partial charge >= 0.3 is 0 Å². The third-order valence-corrected chi connectivity index (χ3v) is 5.51. The molecule has 22 heavy (non-hydrogen) atoms. The number of hydrogen-bond donors (Lipinski definition) is 2. The van der Waals surface area contributed by atoms with Gasteiger partial charge in [0.25, 0.3) is 0 Å². The highest BCUT2D eigenvalue weighted by Gasteiger charge is 2.23. The summed E-state index contributed by atoms with van der Waals surface area (Å²) in [6, 6.07) is 6.32. The van der Waals surface area contributed by atoms with Crippen LogP contribution in [0.4, 0.5) is 5.69 Å². The molecule has 1 aromatic rings. The normalized spacial score (nSPS) is 21.2. The molecule has 2 amide bonds. The third-order valence-electron chi connectivity index (χ3n) is 3.69. The number of benzene rings is 1. The second kappa shape index (κ2) is 6.91. The topological polar surface area (TPSA) is 87.6 Å². The molecule has 2 atom stereocenters. The van der Waals surface area contributed by atoms with Crippen molar-refractivity contribution in [3.8, 4) is 0 Å². The van der Waals surface area contributed by atoms with E-state index in [4.69, 9.17) is 0 Å². The van der Waals surface area contributed by atoms with Gasteiger partial charge in [-0.2, -0.15) is 0 Å². The maximum atomic E-state index is 12.3. The van der Waals surface area contributed by atoms with Crippen molar-refractivity contribution in [2.24, 2.45) is 4.36 Å². The van der Waals surface area contributed by atoms with Crippen molar-refractivity contribution in [2.45, 2.75) is 36.6 Å². The van der Waals surface area contributed by atoms with E-state index in [0.717, 1.165) is 12.8 Å². The first-order chi connectivity index (χ1) is 10.4. The Kier molecular flexibility index (Phi) is 5.18. The summed E-state index contributed by atoms with van der Waals surface area (Å²) < 4.78 is 16.1. The van der Waals surface area contributed by atoms with Crippen LogP contribution in [0.1, 0.15) is 25.7 Å². The van der Waals surface area contributed by atoms with E-state index < -0.39 is 15.8 Å². The van der Waals surface area contributed by atoms with Crippen LogP contribution in [0.5, 0.6) is 0 Å². The number of nitrogens with zero attached hydrogens (tertiary/aromatic N) is 1. The van der Waals surface area contributed by atoms with Gasteiger partial charge in [-0.05, 0) is 31.0 Å². The standard InChI is InChI=1S/C15H21N3O3S/c1-16-22(2,21)12-7-5-6-11(10-12)17-15(20)13-8-3-4-9-14(19)18-13/h5-7,10,13H,3-4,8-9H2,1-2H3,(H,17,20)(H,18,19)/t13-,22+/m1/s1. The average Bonchev–Trinajstić information content (AvgIpc) is 2.72. The molecule has 7 heteroatoms. The molecule has 0 unspecified atom stereocenters. The van der Waals surface area contributed by atoms with Gasteiger partial charge in [0.15, 0.2) is 0 Å². The van der Waals surface area contributed by atoms with Gasteiger partial charge in [0.05, 0.1) is 9.73 Å². The van der Waals surface area contributed by atoms with Crippen molar-refractivity contribution in [2.75, 3.05) is 18.6 Å². The van der Waals surface area contributed by atoms with Crippen LogP contribution in [0.15, 0.2) is 33.5 Å². The molecule has 120 valence electrons. The lowest BCUT2D eigenvalue weighted by Crippen LogP contribution is -2.42. The lowest BCUT2D eigenvalue weighted by molar-refractivity contribution is -0.125. The Morgan fingerprint density at radius 2 is 2.18 bits per heavy atom. The second-order valence-electron chi connectivity index (χ2n) is 5.37. The van der Waals surface area contributed by atoms with Gasteiger partial charge in [-0.1, -0.05) is 12.5 Å². The Morgan fingerprint density at radius 1 is 1.41 bits per heavy atom. The zero-order chi connectivity index (χ0) is 16.2. The van der Waals surface area contributed by atoms with E-state index in [1.54, 1.807) is 30.5 Å². The summed E-state index contributed by atoms with van der Waals surface area (Å²) in [5.41, 5.74) is 0.555. The fourth-order valence-corrected chi connectivity index (χ4v) is 3.20. The summed E-state index contributed by atoms with van der Waals surface area (Å²) in [7, 11) is -0.933. The molecule has 1 aromatic carbocycles. The van der Waals surface area contributed by atoms with Crippen molar-refractivity contribution < 1.29 is 13.8 Å². The van der Waals surface area contributed by atoms with Crippen LogP contribution < -0.4 is 10.6 Å². The Balaban J connectivity index is 2.13. The minimum Gasteiger partial charge on any atom is -0.344 e. The van der Waals surface area contributed by atoms with E-state index in [9.17, 15) is 13.8 Å². The van der Waals surface area contributed by atoms with Crippen LogP contribution in [0, 0.1) is 0 Å². The largest absolute Gasteiger partial charge is 0.344 e. The van der Waals surface area contributed by atoms with Crippen LogP contribution in [-0.2, 0) is 19.3 Å². The van der Waals surface area contributed by atoms with Crippen molar-refractivity contribution >= 4 is 27.2 Å². The van der Waals surface area contributed by atoms with Crippen molar-refractivity contribution in [3.05, 3.63) is 24.3 Å². The molecule has 0 bridgehead atoms. The van der Waals surface area contributed by atoms with Crippen LogP contribution in [0.2, 0.25) is 0 Å². The first kappa shape index (κ1) is 16.5. The van der Waals surface area contributed by atoms with E-state index in [0.29, 0.717) is 23.4 Å². The van der Waals surface area contributed by atoms with Crippen molar-refractivity contribution in [1.29, 1.82) is 0 Å². The number of carbonyl (C=O) groups excluding carboxylic acids is 2. The van der Waals surface area contributed by atoms with E-state index in [2.05, 4.69) is 15.0 Å². The van der Waals surface area contributed by atoms with Gasteiger partial charge in [0.1, 0.15) is 6.04 Å². The minimum absolute atomic E-state index is 0.0900. The minimum atomic E-state index is -2.44. The van der Waals surface area contributed by atoms with E-state index >= 15 is 0 Å². The molecule has 0 aromatic heterocycles.